The summed E-state index contributed by atoms with van der Waals surface area (Å²) in [4.78, 5) is 4.79. The summed E-state index contributed by atoms with van der Waals surface area (Å²) in [6.45, 7) is 5.38. The molecule has 1 heterocycles. The summed E-state index contributed by atoms with van der Waals surface area (Å²) in [5.41, 5.74) is 5.01. The molecule has 0 radical (unpaired) electrons. The zero-order valence-electron chi connectivity index (χ0n) is 12.5. The molecule has 0 bridgehead atoms. The second kappa shape index (κ2) is 6.35. The average Bonchev–Trinajstić information content (AvgIpc) is 2.84. The van der Waals surface area contributed by atoms with Crippen molar-refractivity contribution in [1.82, 2.24) is 9.55 Å². The summed E-state index contributed by atoms with van der Waals surface area (Å²) in [5.74, 6) is 0.967. The van der Waals surface area contributed by atoms with Gasteiger partial charge in [-0.15, -0.1) is 0 Å². The molecule has 0 N–H and O–H groups in total. The number of fused-ring (bicyclic) bond motifs is 1. The number of hydrogen-bond donors (Lipinski definition) is 0. The fourth-order valence-electron chi connectivity index (χ4n) is 2.55. The molecule has 3 rings (SSSR count). The van der Waals surface area contributed by atoms with E-state index in [1.807, 2.05) is 11.8 Å². The molecule has 1 aromatic heterocycles. The van der Waals surface area contributed by atoms with Crippen molar-refractivity contribution >= 4 is 22.8 Å². The first-order valence-corrected chi connectivity index (χ1v) is 8.40. The van der Waals surface area contributed by atoms with Gasteiger partial charge in [0, 0.05) is 12.3 Å². The first-order valence-electron chi connectivity index (χ1n) is 7.41. The van der Waals surface area contributed by atoms with Crippen molar-refractivity contribution in [3.05, 3.63) is 59.7 Å². The summed E-state index contributed by atoms with van der Waals surface area (Å²) in [6, 6.07) is 17.1. The smallest absolute Gasteiger partial charge is 0.169 e. The van der Waals surface area contributed by atoms with Crippen molar-refractivity contribution < 1.29 is 0 Å². The molecule has 0 aliphatic carbocycles. The summed E-state index contributed by atoms with van der Waals surface area (Å²) in [6.07, 6.45) is 1.12. The lowest BCUT2D eigenvalue weighted by Gasteiger charge is -2.07. The van der Waals surface area contributed by atoms with E-state index in [0.29, 0.717) is 0 Å². The molecule has 21 heavy (non-hydrogen) atoms. The Morgan fingerprint density at radius 1 is 1.10 bits per heavy atom. The van der Waals surface area contributed by atoms with Crippen LogP contribution in [0.4, 0.5) is 0 Å². The van der Waals surface area contributed by atoms with Crippen LogP contribution in [0.25, 0.3) is 11.0 Å². The number of imidazole rings is 1. The molecule has 3 heteroatoms. The van der Waals surface area contributed by atoms with E-state index in [1.54, 1.807) is 0 Å². The molecule has 0 atom stereocenters. The van der Waals surface area contributed by atoms with Crippen LogP contribution >= 0.6 is 11.8 Å². The second-order valence-corrected chi connectivity index (χ2v) is 6.25. The number of rotatable bonds is 5. The molecule has 108 valence electrons. The van der Waals surface area contributed by atoms with E-state index in [9.17, 15) is 0 Å². The van der Waals surface area contributed by atoms with Crippen LogP contribution < -0.4 is 0 Å². The van der Waals surface area contributed by atoms with E-state index in [1.165, 1.54) is 16.6 Å². The van der Waals surface area contributed by atoms with E-state index in [2.05, 4.69) is 66.9 Å². The van der Waals surface area contributed by atoms with Crippen molar-refractivity contribution in [3.63, 3.8) is 0 Å². The van der Waals surface area contributed by atoms with Gasteiger partial charge in [0.25, 0.3) is 0 Å². The van der Waals surface area contributed by atoms with Crippen LogP contribution in [0.15, 0.2) is 53.7 Å². The van der Waals surface area contributed by atoms with E-state index < -0.39 is 0 Å². The van der Waals surface area contributed by atoms with Crippen molar-refractivity contribution in [1.29, 1.82) is 0 Å². The number of benzene rings is 2. The second-order valence-electron chi connectivity index (χ2n) is 5.31. The van der Waals surface area contributed by atoms with Crippen molar-refractivity contribution in [2.45, 2.75) is 37.7 Å². The van der Waals surface area contributed by atoms with Gasteiger partial charge in [-0.2, -0.15) is 0 Å². The maximum atomic E-state index is 4.79. The zero-order chi connectivity index (χ0) is 14.7. The highest BCUT2D eigenvalue weighted by Crippen LogP contribution is 2.27. The summed E-state index contributed by atoms with van der Waals surface area (Å²) in [7, 11) is 0. The van der Waals surface area contributed by atoms with E-state index in [0.717, 1.165) is 29.4 Å². The van der Waals surface area contributed by atoms with Gasteiger partial charge >= 0.3 is 0 Å². The first kappa shape index (κ1) is 14.2. The maximum Gasteiger partial charge on any atom is 0.169 e. The Bertz CT molecular complexity index is 746. The van der Waals surface area contributed by atoms with Crippen LogP contribution in [0, 0.1) is 6.92 Å². The molecular weight excluding hydrogens is 276 g/mol. The van der Waals surface area contributed by atoms with Gasteiger partial charge in [-0.1, -0.05) is 60.6 Å². The minimum absolute atomic E-state index is 0.967. The molecule has 2 nitrogen and oxygen atoms in total. The van der Waals surface area contributed by atoms with Crippen molar-refractivity contribution in [3.8, 4) is 0 Å². The van der Waals surface area contributed by atoms with Gasteiger partial charge in [0.1, 0.15) is 0 Å². The fourth-order valence-corrected chi connectivity index (χ4v) is 3.54. The normalized spacial score (nSPS) is 11.1. The molecule has 0 saturated heterocycles. The Morgan fingerprint density at radius 2 is 1.95 bits per heavy atom. The van der Waals surface area contributed by atoms with Crippen molar-refractivity contribution in [2.24, 2.45) is 0 Å². The lowest BCUT2D eigenvalue weighted by atomic mass is 10.2. The van der Waals surface area contributed by atoms with Crippen LogP contribution in [-0.2, 0) is 12.3 Å². The van der Waals surface area contributed by atoms with Crippen LogP contribution in [0.2, 0.25) is 0 Å². The molecule has 0 spiro atoms. The van der Waals surface area contributed by atoms with Gasteiger partial charge in [0.2, 0.25) is 0 Å². The molecule has 0 unspecified atom stereocenters. The molecule has 0 saturated carbocycles. The molecule has 2 aromatic carbocycles. The maximum absolute atomic E-state index is 4.79. The summed E-state index contributed by atoms with van der Waals surface area (Å²) >= 11 is 1.83. The Balaban J connectivity index is 1.87. The van der Waals surface area contributed by atoms with Crippen molar-refractivity contribution in [2.75, 3.05) is 0 Å². The Hall–Kier alpha value is -1.74. The predicted molar refractivity (Wildman–Crippen MR) is 90.8 cm³/mol. The molecule has 0 fully saturated rings. The van der Waals surface area contributed by atoms with Gasteiger partial charge in [0.05, 0.1) is 11.0 Å². The molecule has 0 aliphatic rings. The monoisotopic (exact) mass is 296 g/mol. The third-order valence-electron chi connectivity index (χ3n) is 3.52. The lowest BCUT2D eigenvalue weighted by molar-refractivity contribution is 0.638. The van der Waals surface area contributed by atoms with Crippen LogP contribution in [-0.4, -0.2) is 9.55 Å². The highest BCUT2D eigenvalue weighted by molar-refractivity contribution is 7.98. The van der Waals surface area contributed by atoms with Crippen LogP contribution in [0.5, 0.6) is 0 Å². The SMILES string of the molecule is CCCn1c(SCc2cccc(C)c2)nc2ccccc21. The standard InChI is InChI=1S/C18H20N2S/c1-3-11-20-17-10-5-4-9-16(17)19-18(20)21-13-15-8-6-7-14(2)12-15/h4-10,12H,3,11,13H2,1-2H3. The van der Waals surface area contributed by atoms with Gasteiger partial charge in [-0.05, 0) is 31.0 Å². The number of thioether (sulfide) groups is 1. The lowest BCUT2D eigenvalue weighted by Crippen LogP contribution is -1.98. The van der Waals surface area contributed by atoms with E-state index in [4.69, 9.17) is 4.98 Å². The minimum Gasteiger partial charge on any atom is -0.319 e. The molecule has 0 aliphatic heterocycles. The quantitative estimate of drug-likeness (QED) is 0.613. The van der Waals surface area contributed by atoms with E-state index in [-0.39, 0.29) is 0 Å². The highest BCUT2D eigenvalue weighted by atomic mass is 32.2. The fraction of sp³-hybridized carbons (Fsp3) is 0.278. The predicted octanol–water partition coefficient (Wildman–Crippen LogP) is 5.05. The van der Waals surface area contributed by atoms with Crippen LogP contribution in [0.3, 0.4) is 0 Å². The first-order chi connectivity index (χ1) is 10.3. The Morgan fingerprint density at radius 3 is 2.76 bits per heavy atom. The zero-order valence-corrected chi connectivity index (χ0v) is 13.4. The largest absolute Gasteiger partial charge is 0.319 e. The average molecular weight is 296 g/mol. The van der Waals surface area contributed by atoms with Crippen LogP contribution in [0.1, 0.15) is 24.5 Å². The van der Waals surface area contributed by atoms with Gasteiger partial charge in [-0.3, -0.25) is 0 Å². The van der Waals surface area contributed by atoms with E-state index >= 15 is 0 Å². The Kier molecular flexibility index (Phi) is 4.30. The molecule has 0 amide bonds. The van der Waals surface area contributed by atoms with Gasteiger partial charge in [-0.25, -0.2) is 4.98 Å². The van der Waals surface area contributed by atoms with Gasteiger partial charge in [0.15, 0.2) is 5.16 Å². The third kappa shape index (κ3) is 3.13. The third-order valence-corrected chi connectivity index (χ3v) is 4.56. The molecule has 3 aromatic rings. The summed E-state index contributed by atoms with van der Waals surface area (Å²) in [5, 5.41) is 1.12. The number of hydrogen-bond acceptors (Lipinski definition) is 2. The minimum atomic E-state index is 0.967. The number of para-hydroxylation sites is 2. The number of nitrogens with zero attached hydrogens (tertiary/aromatic N) is 2. The topological polar surface area (TPSA) is 17.8 Å². The molecular formula is C18H20N2S. The van der Waals surface area contributed by atoms with Gasteiger partial charge < -0.3 is 4.57 Å². The number of aromatic nitrogens is 2. The highest BCUT2D eigenvalue weighted by Gasteiger charge is 2.10. The Labute approximate surface area is 130 Å². The summed E-state index contributed by atoms with van der Waals surface area (Å²) < 4.78 is 2.34. The number of aryl methyl sites for hydroxylation is 2.